The molecule has 2 N–H and O–H groups in total. The standard InChI is InChI=1S/C14H25N5O/c1-5-9-20-13-18-11(15-4)17-12(19-13)16-10-7-6-8-14(10,2)3/h10H,5-9H2,1-4H3,(H2,15,16,17,18,19). The van der Waals surface area contributed by atoms with Crippen molar-refractivity contribution in [2.45, 2.75) is 52.5 Å². The summed E-state index contributed by atoms with van der Waals surface area (Å²) in [6.07, 6.45) is 4.55. The minimum atomic E-state index is 0.275. The summed E-state index contributed by atoms with van der Waals surface area (Å²) >= 11 is 0. The molecule has 0 aliphatic heterocycles. The molecule has 2 rings (SSSR count). The van der Waals surface area contributed by atoms with Crippen molar-refractivity contribution in [3.05, 3.63) is 0 Å². The van der Waals surface area contributed by atoms with Crippen LogP contribution >= 0.6 is 0 Å². The number of hydrogen-bond acceptors (Lipinski definition) is 6. The van der Waals surface area contributed by atoms with Crippen LogP contribution in [0, 0.1) is 5.41 Å². The summed E-state index contributed by atoms with van der Waals surface area (Å²) in [5, 5.41) is 6.39. The Morgan fingerprint density at radius 2 is 2.00 bits per heavy atom. The van der Waals surface area contributed by atoms with Crippen molar-refractivity contribution in [2.24, 2.45) is 5.41 Å². The lowest BCUT2D eigenvalue weighted by Crippen LogP contribution is -2.31. The van der Waals surface area contributed by atoms with E-state index in [-0.39, 0.29) is 5.41 Å². The monoisotopic (exact) mass is 279 g/mol. The van der Waals surface area contributed by atoms with E-state index >= 15 is 0 Å². The molecular formula is C14H25N5O. The van der Waals surface area contributed by atoms with Crippen LogP contribution in [0.3, 0.4) is 0 Å². The quantitative estimate of drug-likeness (QED) is 0.834. The van der Waals surface area contributed by atoms with Crippen LogP contribution < -0.4 is 15.4 Å². The molecule has 6 heteroatoms. The van der Waals surface area contributed by atoms with Crippen molar-refractivity contribution in [3.63, 3.8) is 0 Å². The predicted octanol–water partition coefficient (Wildman–Crippen LogP) is 2.69. The first-order valence-corrected chi connectivity index (χ1v) is 7.38. The first-order valence-electron chi connectivity index (χ1n) is 7.38. The van der Waals surface area contributed by atoms with Crippen LogP contribution in [-0.2, 0) is 0 Å². The van der Waals surface area contributed by atoms with E-state index in [0.29, 0.717) is 30.6 Å². The van der Waals surface area contributed by atoms with Gasteiger partial charge in [-0.15, -0.1) is 0 Å². The SMILES string of the molecule is CCCOc1nc(NC)nc(NC2CCCC2(C)C)n1. The largest absolute Gasteiger partial charge is 0.463 e. The molecule has 1 aromatic heterocycles. The fraction of sp³-hybridized carbons (Fsp3) is 0.786. The van der Waals surface area contributed by atoms with E-state index in [4.69, 9.17) is 4.74 Å². The van der Waals surface area contributed by atoms with E-state index in [1.54, 1.807) is 7.05 Å². The normalized spacial score (nSPS) is 20.7. The highest BCUT2D eigenvalue weighted by Crippen LogP contribution is 2.38. The summed E-state index contributed by atoms with van der Waals surface area (Å²) in [7, 11) is 1.79. The van der Waals surface area contributed by atoms with Gasteiger partial charge in [0.1, 0.15) is 0 Å². The third-order valence-corrected chi connectivity index (χ3v) is 3.83. The molecule has 6 nitrogen and oxygen atoms in total. The molecule has 1 unspecified atom stereocenters. The summed E-state index contributed by atoms with van der Waals surface area (Å²) in [6.45, 7) is 7.24. The van der Waals surface area contributed by atoms with Crippen molar-refractivity contribution in [2.75, 3.05) is 24.3 Å². The second-order valence-electron chi connectivity index (χ2n) is 5.94. The Morgan fingerprint density at radius 3 is 2.60 bits per heavy atom. The van der Waals surface area contributed by atoms with E-state index in [9.17, 15) is 0 Å². The van der Waals surface area contributed by atoms with E-state index < -0.39 is 0 Å². The number of rotatable bonds is 6. The van der Waals surface area contributed by atoms with Crippen LogP contribution in [0.25, 0.3) is 0 Å². The van der Waals surface area contributed by atoms with Crippen LogP contribution in [0.5, 0.6) is 6.01 Å². The number of nitrogens with zero attached hydrogens (tertiary/aromatic N) is 3. The number of nitrogens with one attached hydrogen (secondary N) is 2. The van der Waals surface area contributed by atoms with Gasteiger partial charge in [-0.25, -0.2) is 0 Å². The lowest BCUT2D eigenvalue weighted by atomic mass is 9.87. The Kier molecular flexibility index (Phi) is 4.62. The van der Waals surface area contributed by atoms with E-state index in [0.717, 1.165) is 12.8 Å². The highest BCUT2D eigenvalue weighted by molar-refractivity contribution is 5.36. The van der Waals surface area contributed by atoms with E-state index in [1.165, 1.54) is 12.8 Å². The van der Waals surface area contributed by atoms with Gasteiger partial charge in [-0.2, -0.15) is 15.0 Å². The molecule has 20 heavy (non-hydrogen) atoms. The Balaban J connectivity index is 2.13. The molecule has 112 valence electrons. The average molecular weight is 279 g/mol. The van der Waals surface area contributed by atoms with Crippen molar-refractivity contribution in [1.29, 1.82) is 0 Å². The third kappa shape index (κ3) is 3.49. The molecule has 1 heterocycles. The van der Waals surface area contributed by atoms with Crippen LogP contribution in [0.4, 0.5) is 11.9 Å². The van der Waals surface area contributed by atoms with Crippen LogP contribution in [0.1, 0.15) is 46.5 Å². The van der Waals surface area contributed by atoms with Gasteiger partial charge in [-0.3, -0.25) is 0 Å². The van der Waals surface area contributed by atoms with Gasteiger partial charge in [0.2, 0.25) is 11.9 Å². The minimum Gasteiger partial charge on any atom is -0.463 e. The van der Waals surface area contributed by atoms with Gasteiger partial charge in [0.05, 0.1) is 6.61 Å². The summed E-state index contributed by atoms with van der Waals surface area (Å²) in [4.78, 5) is 12.9. The maximum atomic E-state index is 5.51. The molecule has 0 aromatic carbocycles. The maximum Gasteiger partial charge on any atom is 0.323 e. The molecule has 1 aromatic rings. The molecule has 0 bridgehead atoms. The number of aromatic nitrogens is 3. The molecule has 0 saturated heterocycles. The fourth-order valence-electron chi connectivity index (χ4n) is 2.54. The Bertz CT molecular complexity index is 449. The van der Waals surface area contributed by atoms with Gasteiger partial charge < -0.3 is 15.4 Å². The lowest BCUT2D eigenvalue weighted by molar-refractivity contribution is 0.291. The van der Waals surface area contributed by atoms with Crippen molar-refractivity contribution < 1.29 is 4.74 Å². The molecule has 1 aliphatic rings. The minimum absolute atomic E-state index is 0.275. The zero-order valence-corrected chi connectivity index (χ0v) is 12.9. The van der Waals surface area contributed by atoms with Gasteiger partial charge in [0.15, 0.2) is 0 Å². The maximum absolute atomic E-state index is 5.51. The van der Waals surface area contributed by atoms with Gasteiger partial charge in [0, 0.05) is 13.1 Å². The second-order valence-corrected chi connectivity index (χ2v) is 5.94. The molecular weight excluding hydrogens is 254 g/mol. The zero-order valence-electron chi connectivity index (χ0n) is 12.9. The van der Waals surface area contributed by atoms with Crippen molar-refractivity contribution in [3.8, 4) is 6.01 Å². The van der Waals surface area contributed by atoms with Gasteiger partial charge in [-0.05, 0) is 24.7 Å². The van der Waals surface area contributed by atoms with E-state index in [2.05, 4.69) is 46.4 Å². The smallest absolute Gasteiger partial charge is 0.323 e. The van der Waals surface area contributed by atoms with Crippen LogP contribution in [0.2, 0.25) is 0 Å². The first-order chi connectivity index (χ1) is 9.55. The Labute approximate surface area is 120 Å². The molecule has 0 spiro atoms. The topological polar surface area (TPSA) is 72.0 Å². The second kappa shape index (κ2) is 6.24. The van der Waals surface area contributed by atoms with Gasteiger partial charge in [-0.1, -0.05) is 27.2 Å². The van der Waals surface area contributed by atoms with Crippen LogP contribution in [0.15, 0.2) is 0 Å². The lowest BCUT2D eigenvalue weighted by Gasteiger charge is -2.27. The van der Waals surface area contributed by atoms with Gasteiger partial charge in [0.25, 0.3) is 0 Å². The highest BCUT2D eigenvalue weighted by Gasteiger charge is 2.34. The van der Waals surface area contributed by atoms with Crippen LogP contribution in [-0.4, -0.2) is 34.6 Å². The Morgan fingerprint density at radius 1 is 1.25 bits per heavy atom. The first kappa shape index (κ1) is 14.8. The molecule has 1 aliphatic carbocycles. The summed E-state index contributed by atoms with van der Waals surface area (Å²) in [6, 6.07) is 0.776. The molecule has 1 fully saturated rings. The fourth-order valence-corrected chi connectivity index (χ4v) is 2.54. The molecule has 0 amide bonds. The van der Waals surface area contributed by atoms with Gasteiger partial charge >= 0.3 is 6.01 Å². The molecule has 0 radical (unpaired) electrons. The summed E-state index contributed by atoms with van der Waals surface area (Å²) < 4.78 is 5.51. The average Bonchev–Trinajstić information content (AvgIpc) is 2.75. The zero-order chi connectivity index (χ0) is 14.6. The third-order valence-electron chi connectivity index (χ3n) is 3.83. The molecule has 1 saturated carbocycles. The predicted molar refractivity (Wildman–Crippen MR) is 80.2 cm³/mol. The number of ether oxygens (including phenoxy) is 1. The molecule has 1 atom stereocenters. The van der Waals surface area contributed by atoms with Crippen molar-refractivity contribution in [1.82, 2.24) is 15.0 Å². The number of anilines is 2. The summed E-state index contributed by atoms with van der Waals surface area (Å²) in [5.74, 6) is 1.12. The van der Waals surface area contributed by atoms with Crippen molar-refractivity contribution >= 4 is 11.9 Å². The summed E-state index contributed by atoms with van der Waals surface area (Å²) in [5.41, 5.74) is 0.275. The highest BCUT2D eigenvalue weighted by atomic mass is 16.5. The number of hydrogen-bond donors (Lipinski definition) is 2. The van der Waals surface area contributed by atoms with E-state index in [1.807, 2.05) is 0 Å². The Hall–Kier alpha value is -1.59.